The van der Waals surface area contributed by atoms with Crippen LogP contribution < -0.4 is 0 Å². The van der Waals surface area contributed by atoms with Gasteiger partial charge in [0.05, 0.1) is 13.8 Å². The van der Waals surface area contributed by atoms with Crippen LogP contribution in [0.25, 0.3) is 0 Å². The van der Waals surface area contributed by atoms with Crippen LogP contribution in [0.3, 0.4) is 0 Å². The Morgan fingerprint density at radius 3 is 2.27 bits per heavy atom. The predicted molar refractivity (Wildman–Crippen MR) is 47.3 cm³/mol. The number of ether oxygens (including phenoxy) is 1. The number of Topliss-reactive ketones (excluding diaryl/α,β-unsaturated/α-hetero) is 1. The molecule has 0 aromatic carbocycles. The summed E-state index contributed by atoms with van der Waals surface area (Å²) in [5, 5.41) is 0. The quantitative estimate of drug-likeness (QED) is 0.478. The van der Waals surface area contributed by atoms with Crippen molar-refractivity contribution in [3.63, 3.8) is 0 Å². The summed E-state index contributed by atoms with van der Waals surface area (Å²) < 4.78 is 5.35. The van der Waals surface area contributed by atoms with Gasteiger partial charge in [-0.15, -0.1) is 0 Å². The van der Waals surface area contributed by atoms with Crippen LogP contribution in [0, 0.1) is 0 Å². The smallest absolute Gasteiger partial charge is 0.163 e. The van der Waals surface area contributed by atoms with Crippen LogP contribution in [0.15, 0.2) is 0 Å². The first-order valence-electron chi connectivity index (χ1n) is 4.15. The van der Waals surface area contributed by atoms with E-state index >= 15 is 0 Å². The first-order chi connectivity index (χ1) is 4.96. The van der Waals surface area contributed by atoms with Crippen LogP contribution in [-0.4, -0.2) is 25.7 Å². The minimum atomic E-state index is -1.21. The lowest BCUT2D eigenvalue weighted by Crippen LogP contribution is -2.32. The summed E-state index contributed by atoms with van der Waals surface area (Å²) in [4.78, 5) is 11.1. The minimum Gasteiger partial charge on any atom is -0.365 e. The highest BCUT2D eigenvalue weighted by Gasteiger charge is 2.51. The van der Waals surface area contributed by atoms with E-state index in [2.05, 4.69) is 19.6 Å². The first kappa shape index (κ1) is 8.94. The molecule has 1 heterocycles. The largest absolute Gasteiger partial charge is 0.365 e. The summed E-state index contributed by atoms with van der Waals surface area (Å²) in [6.45, 7) is 8.60. The maximum absolute atomic E-state index is 11.1. The van der Waals surface area contributed by atoms with E-state index in [-0.39, 0.29) is 11.9 Å². The number of hydrogen-bond acceptors (Lipinski definition) is 2. The molecule has 0 aliphatic carbocycles. The fourth-order valence-electron chi connectivity index (χ4n) is 1.22. The van der Waals surface area contributed by atoms with Crippen LogP contribution >= 0.6 is 0 Å². The summed E-state index contributed by atoms with van der Waals surface area (Å²) in [5.41, 5.74) is 0.301. The molecule has 0 unspecified atom stereocenters. The molecular formula is C8H16O2Si. The standard InChI is InChI=1S/C8H16O2Si/c1-5-6(9)7-8(10-7)11(2,3)4/h7-8H,5H2,1-4H3/t7-,8-/m0/s1. The van der Waals surface area contributed by atoms with Crippen molar-refractivity contribution in [2.24, 2.45) is 0 Å². The Morgan fingerprint density at radius 2 is 2.00 bits per heavy atom. The van der Waals surface area contributed by atoms with Crippen LogP contribution in [0.5, 0.6) is 0 Å². The topological polar surface area (TPSA) is 29.6 Å². The third-order valence-corrected chi connectivity index (χ3v) is 4.16. The first-order valence-corrected chi connectivity index (χ1v) is 7.72. The molecule has 0 aromatic heterocycles. The van der Waals surface area contributed by atoms with Crippen molar-refractivity contribution in [2.45, 2.75) is 44.8 Å². The van der Waals surface area contributed by atoms with Gasteiger partial charge in [-0.3, -0.25) is 4.79 Å². The molecule has 1 saturated heterocycles. The third-order valence-electron chi connectivity index (χ3n) is 2.01. The Kier molecular flexibility index (Phi) is 2.21. The van der Waals surface area contributed by atoms with E-state index in [0.29, 0.717) is 12.1 Å². The van der Waals surface area contributed by atoms with Gasteiger partial charge in [-0.25, -0.2) is 0 Å². The molecule has 0 amide bonds. The molecule has 0 bridgehead atoms. The summed E-state index contributed by atoms with van der Waals surface area (Å²) in [5.74, 6) is 0.275. The highest BCUT2D eigenvalue weighted by molar-refractivity contribution is 6.78. The molecule has 2 atom stereocenters. The van der Waals surface area contributed by atoms with E-state index in [4.69, 9.17) is 4.74 Å². The monoisotopic (exact) mass is 172 g/mol. The van der Waals surface area contributed by atoms with E-state index in [9.17, 15) is 4.79 Å². The molecule has 0 saturated carbocycles. The summed E-state index contributed by atoms with van der Waals surface area (Å²) >= 11 is 0. The lowest BCUT2D eigenvalue weighted by Gasteiger charge is -2.10. The van der Waals surface area contributed by atoms with Gasteiger partial charge < -0.3 is 4.74 Å². The SMILES string of the molecule is CCC(=O)[C@@H]1O[C@H]1[Si](C)(C)C. The maximum atomic E-state index is 11.1. The molecule has 1 aliphatic rings. The second kappa shape index (κ2) is 2.72. The van der Waals surface area contributed by atoms with E-state index in [0.717, 1.165) is 0 Å². The van der Waals surface area contributed by atoms with Gasteiger partial charge in [0.1, 0.15) is 6.10 Å². The van der Waals surface area contributed by atoms with E-state index in [1.807, 2.05) is 6.92 Å². The number of hydrogen-bond donors (Lipinski definition) is 0. The number of ketones is 1. The van der Waals surface area contributed by atoms with Gasteiger partial charge in [0.15, 0.2) is 5.78 Å². The molecule has 64 valence electrons. The molecule has 3 heteroatoms. The van der Waals surface area contributed by atoms with E-state index < -0.39 is 8.07 Å². The Morgan fingerprint density at radius 1 is 1.45 bits per heavy atom. The van der Waals surface area contributed by atoms with Gasteiger partial charge >= 0.3 is 0 Å². The second-order valence-corrected chi connectivity index (χ2v) is 9.46. The van der Waals surface area contributed by atoms with Gasteiger partial charge in [-0.05, 0) is 0 Å². The van der Waals surface area contributed by atoms with Crippen LogP contribution in [0.2, 0.25) is 19.6 Å². The molecule has 0 N–H and O–H groups in total. The average Bonchev–Trinajstić information content (AvgIpc) is 2.62. The van der Waals surface area contributed by atoms with Crippen LogP contribution in [0.4, 0.5) is 0 Å². The zero-order valence-electron chi connectivity index (χ0n) is 7.68. The summed E-state index contributed by atoms with van der Waals surface area (Å²) in [7, 11) is -1.21. The summed E-state index contributed by atoms with van der Waals surface area (Å²) in [6.07, 6.45) is 0.581. The lowest BCUT2D eigenvalue weighted by molar-refractivity contribution is -0.119. The van der Waals surface area contributed by atoms with E-state index in [1.54, 1.807) is 0 Å². The van der Waals surface area contributed by atoms with Crippen molar-refractivity contribution in [1.29, 1.82) is 0 Å². The Bertz CT molecular complexity index is 171. The Hall–Kier alpha value is -0.153. The van der Waals surface area contributed by atoms with Crippen molar-refractivity contribution in [2.75, 3.05) is 0 Å². The highest BCUT2D eigenvalue weighted by atomic mass is 28.3. The molecule has 2 nitrogen and oxygen atoms in total. The zero-order chi connectivity index (χ0) is 8.65. The molecule has 1 rings (SSSR count). The maximum Gasteiger partial charge on any atom is 0.163 e. The predicted octanol–water partition coefficient (Wildman–Crippen LogP) is 1.61. The van der Waals surface area contributed by atoms with Gasteiger partial charge in [-0.1, -0.05) is 26.6 Å². The fourth-order valence-corrected chi connectivity index (χ4v) is 2.87. The third kappa shape index (κ3) is 1.90. The number of carbonyl (C=O) groups excluding carboxylic acids is 1. The van der Waals surface area contributed by atoms with E-state index in [1.165, 1.54) is 0 Å². The summed E-state index contributed by atoms with van der Waals surface area (Å²) in [6, 6.07) is 0. The molecule has 0 spiro atoms. The molecule has 11 heavy (non-hydrogen) atoms. The van der Waals surface area contributed by atoms with Crippen molar-refractivity contribution >= 4 is 13.9 Å². The number of rotatable bonds is 3. The van der Waals surface area contributed by atoms with Crippen molar-refractivity contribution < 1.29 is 9.53 Å². The Labute approximate surface area is 68.9 Å². The molecule has 1 aliphatic heterocycles. The number of carbonyl (C=O) groups is 1. The minimum absolute atomic E-state index is 0.0355. The molecule has 1 fully saturated rings. The normalized spacial score (nSPS) is 30.2. The zero-order valence-corrected chi connectivity index (χ0v) is 8.68. The van der Waals surface area contributed by atoms with Gasteiger partial charge in [0, 0.05) is 6.42 Å². The Balaban J connectivity index is 2.44. The van der Waals surface area contributed by atoms with Crippen LogP contribution in [0.1, 0.15) is 13.3 Å². The number of epoxide rings is 1. The second-order valence-electron chi connectivity index (χ2n) is 4.16. The van der Waals surface area contributed by atoms with Crippen molar-refractivity contribution in [3.8, 4) is 0 Å². The lowest BCUT2D eigenvalue weighted by atomic mass is 10.2. The van der Waals surface area contributed by atoms with Crippen molar-refractivity contribution in [1.82, 2.24) is 0 Å². The highest BCUT2D eigenvalue weighted by Crippen LogP contribution is 2.32. The van der Waals surface area contributed by atoms with Crippen LogP contribution in [-0.2, 0) is 9.53 Å². The van der Waals surface area contributed by atoms with Gasteiger partial charge in [0.25, 0.3) is 0 Å². The molecular weight excluding hydrogens is 156 g/mol. The molecule has 0 radical (unpaired) electrons. The van der Waals surface area contributed by atoms with Crippen molar-refractivity contribution in [3.05, 3.63) is 0 Å². The molecule has 0 aromatic rings. The van der Waals surface area contributed by atoms with Gasteiger partial charge in [0.2, 0.25) is 0 Å². The van der Waals surface area contributed by atoms with Gasteiger partial charge in [-0.2, -0.15) is 0 Å². The fraction of sp³-hybridized carbons (Fsp3) is 0.875. The average molecular weight is 172 g/mol.